The topological polar surface area (TPSA) is 60.4 Å². The Morgan fingerprint density at radius 2 is 2.00 bits per heavy atom. The lowest BCUT2D eigenvalue weighted by Gasteiger charge is -2.25. The van der Waals surface area contributed by atoms with Crippen LogP contribution in [0.2, 0.25) is 0 Å². The zero-order valence-corrected chi connectivity index (χ0v) is 10.4. The van der Waals surface area contributed by atoms with Crippen LogP contribution in [0.4, 0.5) is 0 Å². The highest BCUT2D eigenvalue weighted by atomic mass is 16.5. The summed E-state index contributed by atoms with van der Waals surface area (Å²) >= 11 is 0. The maximum atomic E-state index is 5.63. The molecule has 4 nitrogen and oxygen atoms in total. The number of methoxy groups -OCH3 is 1. The van der Waals surface area contributed by atoms with Crippen molar-refractivity contribution in [1.82, 2.24) is 5.43 Å². The van der Waals surface area contributed by atoms with Gasteiger partial charge in [0.25, 0.3) is 0 Å². The van der Waals surface area contributed by atoms with Gasteiger partial charge in [0.15, 0.2) is 0 Å². The molecule has 0 aliphatic rings. The second kappa shape index (κ2) is 6.35. The summed E-state index contributed by atoms with van der Waals surface area (Å²) in [6, 6.07) is 13.8. The van der Waals surface area contributed by atoms with Crippen LogP contribution in [0.3, 0.4) is 0 Å². The lowest BCUT2D eigenvalue weighted by molar-refractivity contribution is 0.0661. The van der Waals surface area contributed by atoms with Crippen LogP contribution in [-0.2, 0) is 11.2 Å². The average molecular weight is 246 g/mol. The number of benzene rings is 1. The van der Waals surface area contributed by atoms with Gasteiger partial charge in [-0.1, -0.05) is 30.3 Å². The van der Waals surface area contributed by atoms with E-state index in [0.717, 1.165) is 11.3 Å². The van der Waals surface area contributed by atoms with Crippen molar-refractivity contribution in [1.29, 1.82) is 0 Å². The molecule has 1 heterocycles. The van der Waals surface area contributed by atoms with Gasteiger partial charge in [0.05, 0.1) is 18.4 Å². The van der Waals surface area contributed by atoms with E-state index in [-0.39, 0.29) is 12.1 Å². The minimum absolute atomic E-state index is 0.0384. The van der Waals surface area contributed by atoms with Gasteiger partial charge in [-0.3, -0.25) is 11.3 Å². The fourth-order valence-electron chi connectivity index (χ4n) is 2.07. The van der Waals surface area contributed by atoms with E-state index in [1.165, 1.54) is 0 Å². The number of rotatable bonds is 6. The van der Waals surface area contributed by atoms with Gasteiger partial charge in [0, 0.05) is 13.5 Å². The van der Waals surface area contributed by atoms with Gasteiger partial charge in [-0.05, 0) is 17.7 Å². The van der Waals surface area contributed by atoms with E-state index in [1.54, 1.807) is 13.4 Å². The SMILES string of the molecule is COC(c1ccccc1)C(Cc1ccco1)NN. The largest absolute Gasteiger partial charge is 0.469 e. The quantitative estimate of drug-likeness (QED) is 0.605. The standard InChI is InChI=1S/C14H18N2O2/c1-17-14(11-6-3-2-4-7-11)13(16-15)10-12-8-5-9-18-12/h2-9,13-14,16H,10,15H2,1H3. The van der Waals surface area contributed by atoms with Crippen LogP contribution in [0.25, 0.3) is 0 Å². The van der Waals surface area contributed by atoms with E-state index in [1.807, 2.05) is 42.5 Å². The van der Waals surface area contributed by atoms with Crippen LogP contribution in [0.5, 0.6) is 0 Å². The summed E-state index contributed by atoms with van der Waals surface area (Å²) in [6.07, 6.45) is 2.23. The van der Waals surface area contributed by atoms with Gasteiger partial charge in [-0.2, -0.15) is 0 Å². The molecular formula is C14H18N2O2. The van der Waals surface area contributed by atoms with E-state index in [9.17, 15) is 0 Å². The Morgan fingerprint density at radius 1 is 1.22 bits per heavy atom. The van der Waals surface area contributed by atoms with Crippen LogP contribution < -0.4 is 11.3 Å². The first-order chi connectivity index (χ1) is 8.85. The van der Waals surface area contributed by atoms with Gasteiger partial charge in [0.1, 0.15) is 5.76 Å². The van der Waals surface area contributed by atoms with Crippen LogP contribution in [0.15, 0.2) is 53.1 Å². The van der Waals surface area contributed by atoms with Gasteiger partial charge < -0.3 is 9.15 Å². The number of hydrazine groups is 1. The maximum Gasteiger partial charge on any atom is 0.105 e. The molecule has 2 unspecified atom stereocenters. The van der Waals surface area contributed by atoms with Crippen LogP contribution >= 0.6 is 0 Å². The smallest absolute Gasteiger partial charge is 0.105 e. The predicted molar refractivity (Wildman–Crippen MR) is 69.7 cm³/mol. The number of hydrogen-bond donors (Lipinski definition) is 2. The van der Waals surface area contributed by atoms with Crippen molar-refractivity contribution in [3.05, 3.63) is 60.1 Å². The van der Waals surface area contributed by atoms with E-state index in [0.29, 0.717) is 6.42 Å². The van der Waals surface area contributed by atoms with Crippen LogP contribution in [0.1, 0.15) is 17.4 Å². The third-order valence-corrected chi connectivity index (χ3v) is 2.96. The Kier molecular flexibility index (Phi) is 4.52. The van der Waals surface area contributed by atoms with Crippen LogP contribution in [-0.4, -0.2) is 13.2 Å². The predicted octanol–water partition coefficient (Wildman–Crippen LogP) is 2.04. The molecule has 0 radical (unpaired) electrons. The van der Waals surface area contributed by atoms with Gasteiger partial charge in [-0.15, -0.1) is 0 Å². The molecule has 3 N–H and O–H groups in total. The summed E-state index contributed by atoms with van der Waals surface area (Å²) in [4.78, 5) is 0. The first-order valence-electron chi connectivity index (χ1n) is 5.91. The molecular weight excluding hydrogens is 228 g/mol. The van der Waals surface area contributed by atoms with Crippen molar-refractivity contribution in [3.8, 4) is 0 Å². The number of ether oxygens (including phenoxy) is 1. The van der Waals surface area contributed by atoms with Gasteiger partial charge >= 0.3 is 0 Å². The first-order valence-corrected chi connectivity index (χ1v) is 5.91. The molecule has 0 saturated heterocycles. The van der Waals surface area contributed by atoms with Crippen molar-refractivity contribution >= 4 is 0 Å². The van der Waals surface area contributed by atoms with Crippen molar-refractivity contribution in [2.75, 3.05) is 7.11 Å². The summed E-state index contributed by atoms with van der Waals surface area (Å²) in [7, 11) is 1.68. The van der Waals surface area contributed by atoms with Crippen molar-refractivity contribution in [2.24, 2.45) is 5.84 Å². The van der Waals surface area contributed by atoms with Gasteiger partial charge in [-0.25, -0.2) is 0 Å². The second-order valence-corrected chi connectivity index (χ2v) is 4.12. The van der Waals surface area contributed by atoms with E-state index >= 15 is 0 Å². The number of furan rings is 1. The summed E-state index contributed by atoms with van der Waals surface area (Å²) in [6.45, 7) is 0. The molecule has 1 aromatic heterocycles. The minimum atomic E-state index is -0.110. The first kappa shape index (κ1) is 12.8. The fraction of sp³-hybridized carbons (Fsp3) is 0.286. The zero-order valence-electron chi connectivity index (χ0n) is 10.4. The lowest BCUT2D eigenvalue weighted by Crippen LogP contribution is -2.42. The Labute approximate surface area is 107 Å². The van der Waals surface area contributed by atoms with E-state index < -0.39 is 0 Å². The Bertz CT molecular complexity index is 442. The molecule has 2 aromatic rings. The molecule has 0 bridgehead atoms. The number of nitrogens with one attached hydrogen (secondary N) is 1. The summed E-state index contributed by atoms with van der Waals surface area (Å²) in [5, 5.41) is 0. The van der Waals surface area contributed by atoms with Crippen molar-refractivity contribution < 1.29 is 9.15 Å². The molecule has 0 amide bonds. The van der Waals surface area contributed by atoms with Gasteiger partial charge in [0.2, 0.25) is 0 Å². The van der Waals surface area contributed by atoms with E-state index in [2.05, 4.69) is 5.43 Å². The van der Waals surface area contributed by atoms with Crippen molar-refractivity contribution in [2.45, 2.75) is 18.6 Å². The number of nitrogens with two attached hydrogens (primary N) is 1. The third kappa shape index (κ3) is 2.98. The molecule has 0 aliphatic heterocycles. The van der Waals surface area contributed by atoms with E-state index in [4.69, 9.17) is 15.0 Å². The minimum Gasteiger partial charge on any atom is -0.469 e. The highest BCUT2D eigenvalue weighted by Crippen LogP contribution is 2.22. The molecule has 0 spiro atoms. The Balaban J connectivity index is 2.14. The third-order valence-electron chi connectivity index (χ3n) is 2.96. The molecule has 18 heavy (non-hydrogen) atoms. The molecule has 1 aromatic carbocycles. The normalized spacial score (nSPS) is 14.3. The highest BCUT2D eigenvalue weighted by Gasteiger charge is 2.23. The molecule has 0 saturated carbocycles. The zero-order chi connectivity index (χ0) is 12.8. The Hall–Kier alpha value is -1.62. The van der Waals surface area contributed by atoms with Crippen molar-refractivity contribution in [3.63, 3.8) is 0 Å². The monoisotopic (exact) mass is 246 g/mol. The number of hydrogen-bond acceptors (Lipinski definition) is 4. The highest BCUT2D eigenvalue weighted by molar-refractivity contribution is 5.20. The molecule has 2 atom stereocenters. The fourth-order valence-corrected chi connectivity index (χ4v) is 2.07. The second-order valence-electron chi connectivity index (χ2n) is 4.12. The summed E-state index contributed by atoms with van der Waals surface area (Å²) in [5.41, 5.74) is 3.90. The average Bonchev–Trinajstić information content (AvgIpc) is 2.92. The molecule has 4 heteroatoms. The maximum absolute atomic E-state index is 5.63. The molecule has 96 valence electrons. The molecule has 0 aliphatic carbocycles. The lowest BCUT2D eigenvalue weighted by atomic mass is 9.99. The molecule has 2 rings (SSSR count). The van der Waals surface area contributed by atoms with Crippen LogP contribution in [0, 0.1) is 0 Å². The summed E-state index contributed by atoms with van der Waals surface area (Å²) in [5.74, 6) is 6.52. The molecule has 0 fully saturated rings. The summed E-state index contributed by atoms with van der Waals surface area (Å²) < 4.78 is 10.9. The Morgan fingerprint density at radius 3 is 2.56 bits per heavy atom.